The predicted octanol–water partition coefficient (Wildman–Crippen LogP) is 2.62. The summed E-state index contributed by atoms with van der Waals surface area (Å²) in [5, 5.41) is 0. The smallest absolute Gasteiger partial charge is 0.0944 e. The second-order valence-corrected chi connectivity index (χ2v) is 3.07. The molecular formula is C10H13ClO. The van der Waals surface area contributed by atoms with E-state index >= 15 is 0 Å². The third-order valence-electron chi connectivity index (χ3n) is 1.51. The Hall–Kier alpha value is -0.530. The van der Waals surface area contributed by atoms with E-state index in [0.29, 0.717) is 12.0 Å². The summed E-state index contributed by atoms with van der Waals surface area (Å²) in [4.78, 5) is 0. The van der Waals surface area contributed by atoms with Crippen molar-refractivity contribution in [1.82, 2.24) is 0 Å². The van der Waals surface area contributed by atoms with Crippen molar-refractivity contribution in [2.45, 2.75) is 13.0 Å². The lowest BCUT2D eigenvalue weighted by atomic mass is 10.2. The Morgan fingerprint density at radius 3 is 2.17 bits per heavy atom. The molecule has 1 aliphatic heterocycles. The second-order valence-electron chi connectivity index (χ2n) is 2.76. The Balaban J connectivity index is 0.000000127. The summed E-state index contributed by atoms with van der Waals surface area (Å²) >= 11 is 5.27. The Morgan fingerprint density at radius 2 is 2.00 bits per heavy atom. The molecule has 12 heavy (non-hydrogen) atoms. The van der Waals surface area contributed by atoms with E-state index in [1.54, 1.807) is 0 Å². The largest absolute Gasteiger partial charge is 0.372 e. The number of benzene rings is 1. The van der Waals surface area contributed by atoms with Crippen LogP contribution in [-0.4, -0.2) is 18.6 Å². The van der Waals surface area contributed by atoms with Gasteiger partial charge in [-0.25, -0.2) is 0 Å². The number of aryl methyl sites for hydroxylation is 1. The van der Waals surface area contributed by atoms with E-state index < -0.39 is 0 Å². The summed E-state index contributed by atoms with van der Waals surface area (Å²) in [6.07, 6.45) is 0.400. The Labute approximate surface area is 78.3 Å². The molecule has 2 heteroatoms. The van der Waals surface area contributed by atoms with E-state index in [2.05, 4.69) is 19.1 Å². The highest BCUT2D eigenvalue weighted by Crippen LogP contribution is 2.08. The third kappa shape index (κ3) is 4.37. The van der Waals surface area contributed by atoms with E-state index in [1.165, 1.54) is 5.56 Å². The highest BCUT2D eigenvalue weighted by Gasteiger charge is 2.19. The van der Waals surface area contributed by atoms with Crippen molar-refractivity contribution < 1.29 is 4.74 Å². The summed E-state index contributed by atoms with van der Waals surface area (Å²) < 4.78 is 4.73. The molecule has 1 nitrogen and oxygen atoms in total. The van der Waals surface area contributed by atoms with Crippen LogP contribution in [0.25, 0.3) is 0 Å². The van der Waals surface area contributed by atoms with Gasteiger partial charge in [0, 0.05) is 0 Å². The van der Waals surface area contributed by atoms with Crippen LogP contribution in [0.15, 0.2) is 30.3 Å². The maximum Gasteiger partial charge on any atom is 0.0944 e. The molecule has 66 valence electrons. The zero-order valence-corrected chi connectivity index (χ0v) is 7.92. The van der Waals surface area contributed by atoms with Gasteiger partial charge in [-0.05, 0) is 6.92 Å². The molecule has 0 amide bonds. The lowest BCUT2D eigenvalue weighted by Gasteiger charge is -1.82. The van der Waals surface area contributed by atoms with Crippen molar-refractivity contribution >= 4 is 11.6 Å². The minimum atomic E-state index is 0.400. The molecule has 0 aromatic heterocycles. The standard InChI is InChI=1S/C7H8.C3H5ClO/c1-7-5-3-2-4-6-7;4-1-3-2-5-3/h2-6H,1H3;3H,1-2H2. The summed E-state index contributed by atoms with van der Waals surface area (Å²) in [6.45, 7) is 2.96. The number of rotatable bonds is 1. The van der Waals surface area contributed by atoms with Gasteiger partial charge in [0.1, 0.15) is 0 Å². The van der Waals surface area contributed by atoms with Gasteiger partial charge in [-0.1, -0.05) is 35.9 Å². The fourth-order valence-electron chi connectivity index (χ4n) is 0.692. The number of hydrogen-bond donors (Lipinski definition) is 0. The molecule has 1 unspecified atom stereocenters. The van der Waals surface area contributed by atoms with Crippen LogP contribution in [-0.2, 0) is 4.74 Å². The molecule has 1 aromatic carbocycles. The zero-order valence-electron chi connectivity index (χ0n) is 7.16. The maximum atomic E-state index is 5.27. The van der Waals surface area contributed by atoms with Gasteiger partial charge in [-0.3, -0.25) is 0 Å². The molecule has 0 radical (unpaired) electrons. The molecule has 1 aromatic rings. The number of alkyl halides is 1. The molecule has 1 heterocycles. The summed E-state index contributed by atoms with van der Waals surface area (Å²) in [7, 11) is 0. The van der Waals surface area contributed by atoms with Crippen LogP contribution in [0.4, 0.5) is 0 Å². The molecule has 0 N–H and O–H groups in total. The average molecular weight is 185 g/mol. The van der Waals surface area contributed by atoms with Gasteiger partial charge in [0.05, 0.1) is 18.6 Å². The summed E-state index contributed by atoms with van der Waals surface area (Å²) in [5.41, 5.74) is 1.32. The fraction of sp³-hybridized carbons (Fsp3) is 0.400. The van der Waals surface area contributed by atoms with E-state index in [9.17, 15) is 0 Å². The van der Waals surface area contributed by atoms with Crippen molar-refractivity contribution in [2.24, 2.45) is 0 Å². The molecule has 1 fully saturated rings. The third-order valence-corrected chi connectivity index (χ3v) is 1.86. The van der Waals surface area contributed by atoms with Gasteiger partial charge in [0.25, 0.3) is 0 Å². The van der Waals surface area contributed by atoms with Gasteiger partial charge >= 0.3 is 0 Å². The molecule has 1 aliphatic rings. The topological polar surface area (TPSA) is 12.5 Å². The van der Waals surface area contributed by atoms with Crippen LogP contribution in [0.2, 0.25) is 0 Å². The highest BCUT2D eigenvalue weighted by molar-refractivity contribution is 6.18. The Bertz CT molecular complexity index is 206. The molecule has 0 aliphatic carbocycles. The SMILES string of the molecule is Cc1ccccc1.ClCC1CO1. The molecular weight excluding hydrogens is 172 g/mol. The van der Waals surface area contributed by atoms with Gasteiger partial charge < -0.3 is 4.74 Å². The molecule has 2 rings (SSSR count). The molecule has 1 saturated heterocycles. The van der Waals surface area contributed by atoms with Crippen LogP contribution < -0.4 is 0 Å². The van der Waals surface area contributed by atoms with Crippen LogP contribution in [0, 0.1) is 6.92 Å². The highest BCUT2D eigenvalue weighted by atomic mass is 35.5. The fourth-order valence-corrected chi connectivity index (χ4v) is 0.870. The summed E-state index contributed by atoms with van der Waals surface area (Å²) in [5.74, 6) is 0.667. The minimum absolute atomic E-state index is 0.400. The van der Waals surface area contributed by atoms with E-state index in [-0.39, 0.29) is 0 Å². The monoisotopic (exact) mass is 184 g/mol. The quantitative estimate of drug-likeness (QED) is 0.483. The first-order valence-electron chi connectivity index (χ1n) is 4.02. The van der Waals surface area contributed by atoms with Gasteiger partial charge in [0.2, 0.25) is 0 Å². The normalized spacial score (nSPS) is 19.3. The maximum absolute atomic E-state index is 5.27. The molecule has 0 spiro atoms. The van der Waals surface area contributed by atoms with Crippen LogP contribution in [0.3, 0.4) is 0 Å². The lowest BCUT2D eigenvalue weighted by Crippen LogP contribution is -1.80. The number of halogens is 1. The van der Waals surface area contributed by atoms with Gasteiger partial charge in [-0.2, -0.15) is 0 Å². The number of ether oxygens (including phenoxy) is 1. The van der Waals surface area contributed by atoms with Crippen molar-refractivity contribution in [3.05, 3.63) is 35.9 Å². The second kappa shape index (κ2) is 5.18. The number of hydrogen-bond acceptors (Lipinski definition) is 1. The van der Waals surface area contributed by atoms with Crippen LogP contribution in [0.5, 0.6) is 0 Å². The van der Waals surface area contributed by atoms with Crippen molar-refractivity contribution in [3.63, 3.8) is 0 Å². The first-order chi connectivity index (χ1) is 5.83. The minimum Gasteiger partial charge on any atom is -0.372 e. The zero-order chi connectivity index (χ0) is 8.81. The summed E-state index contributed by atoms with van der Waals surface area (Å²) in [6, 6.07) is 10.3. The van der Waals surface area contributed by atoms with Crippen LogP contribution >= 0.6 is 11.6 Å². The van der Waals surface area contributed by atoms with Gasteiger partial charge in [-0.15, -0.1) is 11.6 Å². The van der Waals surface area contributed by atoms with E-state index in [4.69, 9.17) is 16.3 Å². The number of epoxide rings is 1. The predicted molar refractivity (Wildman–Crippen MR) is 51.6 cm³/mol. The lowest BCUT2D eigenvalue weighted by molar-refractivity contribution is 0.425. The van der Waals surface area contributed by atoms with E-state index in [1.807, 2.05) is 18.2 Å². The first-order valence-corrected chi connectivity index (χ1v) is 4.55. The van der Waals surface area contributed by atoms with Crippen molar-refractivity contribution in [3.8, 4) is 0 Å². The van der Waals surface area contributed by atoms with Crippen molar-refractivity contribution in [2.75, 3.05) is 12.5 Å². The van der Waals surface area contributed by atoms with Crippen LogP contribution in [0.1, 0.15) is 5.56 Å². The molecule has 0 saturated carbocycles. The molecule has 1 atom stereocenters. The molecule has 0 bridgehead atoms. The first kappa shape index (κ1) is 9.56. The Morgan fingerprint density at radius 1 is 1.42 bits per heavy atom. The average Bonchev–Trinajstić information content (AvgIpc) is 2.89. The van der Waals surface area contributed by atoms with Crippen molar-refractivity contribution in [1.29, 1.82) is 0 Å². The Kier molecular flexibility index (Phi) is 4.12. The van der Waals surface area contributed by atoms with E-state index in [0.717, 1.165) is 6.61 Å². The van der Waals surface area contributed by atoms with Gasteiger partial charge in [0.15, 0.2) is 0 Å².